The number of nitrogens with one attached hydrogen (secondary N) is 1. The fourth-order valence-electron chi connectivity index (χ4n) is 2.83. The predicted octanol–water partition coefficient (Wildman–Crippen LogP) is 5.40. The van der Waals surface area contributed by atoms with E-state index in [1.807, 2.05) is 23.6 Å². The zero-order chi connectivity index (χ0) is 17.6. The summed E-state index contributed by atoms with van der Waals surface area (Å²) in [5.74, 6) is 0.755. The fourth-order valence-corrected chi connectivity index (χ4v) is 4.46. The molecule has 0 aliphatic carbocycles. The maximum absolute atomic E-state index is 6.37. The van der Waals surface area contributed by atoms with Gasteiger partial charge in [0.15, 0.2) is 0 Å². The standard InChI is InChI=1S/C19H22BrClN2OS/c1-14(19-11-16(20)13-25-19)22-12-15-4-5-18(17(21)10-15)24-9-8-23-6-2-3-7-23/h4-5,10-11,13,22H,1-3,6-9,12H2. The lowest BCUT2D eigenvalue weighted by molar-refractivity contribution is 0.238. The van der Waals surface area contributed by atoms with Gasteiger partial charge in [-0.3, -0.25) is 4.90 Å². The molecule has 1 N–H and O–H groups in total. The number of hydrogen-bond acceptors (Lipinski definition) is 4. The summed E-state index contributed by atoms with van der Waals surface area (Å²) in [6.45, 7) is 8.79. The quantitative estimate of drug-likeness (QED) is 0.593. The molecule has 6 heteroatoms. The highest BCUT2D eigenvalue weighted by Crippen LogP contribution is 2.27. The summed E-state index contributed by atoms with van der Waals surface area (Å²) in [5.41, 5.74) is 2.02. The van der Waals surface area contributed by atoms with Crippen LogP contribution in [0.4, 0.5) is 0 Å². The van der Waals surface area contributed by atoms with Crippen molar-refractivity contribution in [1.29, 1.82) is 0 Å². The Labute approximate surface area is 166 Å². The van der Waals surface area contributed by atoms with Gasteiger partial charge in [0.1, 0.15) is 12.4 Å². The van der Waals surface area contributed by atoms with E-state index in [0.717, 1.165) is 32.9 Å². The maximum atomic E-state index is 6.37. The molecule has 1 aromatic heterocycles. The van der Waals surface area contributed by atoms with Gasteiger partial charge in [-0.2, -0.15) is 0 Å². The first-order valence-electron chi connectivity index (χ1n) is 8.42. The second-order valence-electron chi connectivity index (χ2n) is 6.12. The van der Waals surface area contributed by atoms with Crippen LogP contribution in [0.5, 0.6) is 5.75 Å². The molecule has 1 aromatic carbocycles. The molecule has 2 aromatic rings. The lowest BCUT2D eigenvalue weighted by atomic mass is 10.2. The number of hydrogen-bond donors (Lipinski definition) is 1. The SMILES string of the molecule is C=C(NCc1ccc(OCCN2CCCC2)c(Cl)c1)c1cc(Br)cs1. The lowest BCUT2D eigenvalue weighted by Gasteiger charge is -2.16. The van der Waals surface area contributed by atoms with Crippen molar-refractivity contribution in [1.82, 2.24) is 10.2 Å². The van der Waals surface area contributed by atoms with E-state index < -0.39 is 0 Å². The van der Waals surface area contributed by atoms with E-state index in [0.29, 0.717) is 18.2 Å². The Kier molecular flexibility index (Phi) is 6.82. The van der Waals surface area contributed by atoms with Gasteiger partial charge in [0.2, 0.25) is 0 Å². The number of halogens is 2. The Bertz CT molecular complexity index is 728. The molecule has 1 saturated heterocycles. The maximum Gasteiger partial charge on any atom is 0.137 e. The van der Waals surface area contributed by atoms with Crippen molar-refractivity contribution >= 4 is 44.6 Å². The lowest BCUT2D eigenvalue weighted by Crippen LogP contribution is -2.25. The number of nitrogens with zero attached hydrogens (tertiary/aromatic N) is 1. The van der Waals surface area contributed by atoms with Crippen LogP contribution in [0.3, 0.4) is 0 Å². The van der Waals surface area contributed by atoms with Crippen LogP contribution in [0.2, 0.25) is 5.02 Å². The molecular weight excluding hydrogens is 420 g/mol. The molecule has 134 valence electrons. The van der Waals surface area contributed by atoms with Crippen LogP contribution < -0.4 is 10.1 Å². The summed E-state index contributed by atoms with van der Waals surface area (Å²) < 4.78 is 6.91. The molecule has 2 heterocycles. The molecule has 3 nitrogen and oxygen atoms in total. The van der Waals surface area contributed by atoms with Crippen LogP contribution in [0, 0.1) is 0 Å². The Balaban J connectivity index is 1.48. The molecule has 0 amide bonds. The molecule has 3 rings (SSSR count). The minimum atomic E-state index is 0.658. The second kappa shape index (κ2) is 9.08. The van der Waals surface area contributed by atoms with E-state index >= 15 is 0 Å². The Morgan fingerprint density at radius 2 is 2.12 bits per heavy atom. The Morgan fingerprint density at radius 3 is 2.80 bits per heavy atom. The molecule has 1 aliphatic heterocycles. The summed E-state index contributed by atoms with van der Waals surface area (Å²) in [7, 11) is 0. The number of likely N-dealkylation sites (tertiary alicyclic amines) is 1. The summed E-state index contributed by atoms with van der Waals surface area (Å²) in [5, 5.41) is 6.05. The average Bonchev–Trinajstić information content (AvgIpc) is 3.26. The van der Waals surface area contributed by atoms with Crippen LogP contribution in [-0.2, 0) is 6.54 Å². The van der Waals surface area contributed by atoms with Gasteiger partial charge in [0.05, 0.1) is 9.90 Å². The first-order valence-corrected chi connectivity index (χ1v) is 10.5. The smallest absolute Gasteiger partial charge is 0.137 e. The molecule has 25 heavy (non-hydrogen) atoms. The molecule has 1 aliphatic rings. The van der Waals surface area contributed by atoms with Crippen molar-refractivity contribution in [3.8, 4) is 5.75 Å². The van der Waals surface area contributed by atoms with E-state index in [1.165, 1.54) is 25.9 Å². The van der Waals surface area contributed by atoms with Crippen LogP contribution in [0.25, 0.3) is 5.70 Å². The van der Waals surface area contributed by atoms with Gasteiger partial charge in [-0.05, 0) is 65.6 Å². The van der Waals surface area contributed by atoms with Crippen molar-refractivity contribution in [2.45, 2.75) is 19.4 Å². The third-order valence-corrected chi connectivity index (χ3v) is 6.28. The second-order valence-corrected chi connectivity index (χ2v) is 8.36. The molecule has 0 saturated carbocycles. The van der Waals surface area contributed by atoms with Crippen molar-refractivity contribution < 1.29 is 4.74 Å². The van der Waals surface area contributed by atoms with E-state index in [1.54, 1.807) is 11.3 Å². The largest absolute Gasteiger partial charge is 0.491 e. The van der Waals surface area contributed by atoms with Crippen molar-refractivity contribution in [2.75, 3.05) is 26.2 Å². The number of benzene rings is 1. The first kappa shape index (κ1) is 18.8. The van der Waals surface area contributed by atoms with Crippen LogP contribution in [0.1, 0.15) is 23.3 Å². The predicted molar refractivity (Wildman–Crippen MR) is 111 cm³/mol. The van der Waals surface area contributed by atoms with Crippen LogP contribution >= 0.6 is 38.9 Å². The van der Waals surface area contributed by atoms with Crippen LogP contribution in [0.15, 0.2) is 40.7 Å². The highest BCUT2D eigenvalue weighted by atomic mass is 79.9. The third kappa shape index (κ3) is 5.48. The first-order chi connectivity index (χ1) is 12.1. The van der Waals surface area contributed by atoms with Crippen molar-refractivity contribution in [3.63, 3.8) is 0 Å². The topological polar surface area (TPSA) is 24.5 Å². The number of rotatable bonds is 8. The van der Waals surface area contributed by atoms with Gasteiger partial charge < -0.3 is 10.1 Å². The van der Waals surface area contributed by atoms with Gasteiger partial charge in [0, 0.05) is 28.6 Å². The molecule has 0 spiro atoms. The number of thiophene rings is 1. The molecule has 1 fully saturated rings. The molecule has 0 atom stereocenters. The Morgan fingerprint density at radius 1 is 1.32 bits per heavy atom. The fraction of sp³-hybridized carbons (Fsp3) is 0.368. The van der Waals surface area contributed by atoms with Crippen molar-refractivity contribution in [3.05, 3.63) is 56.2 Å². The van der Waals surface area contributed by atoms with Crippen molar-refractivity contribution in [2.24, 2.45) is 0 Å². The van der Waals surface area contributed by atoms with Gasteiger partial charge in [-0.1, -0.05) is 24.2 Å². The van der Waals surface area contributed by atoms with Gasteiger partial charge >= 0.3 is 0 Å². The highest BCUT2D eigenvalue weighted by molar-refractivity contribution is 9.10. The zero-order valence-corrected chi connectivity index (χ0v) is 17.2. The average molecular weight is 442 g/mol. The monoisotopic (exact) mass is 440 g/mol. The molecule has 0 unspecified atom stereocenters. The number of ether oxygens (including phenoxy) is 1. The van der Waals surface area contributed by atoms with E-state index in [9.17, 15) is 0 Å². The minimum absolute atomic E-state index is 0.658. The third-order valence-electron chi connectivity index (χ3n) is 4.23. The summed E-state index contributed by atoms with van der Waals surface area (Å²) in [4.78, 5) is 3.56. The molecule has 0 radical (unpaired) electrons. The normalized spacial score (nSPS) is 14.6. The minimum Gasteiger partial charge on any atom is -0.491 e. The summed E-state index contributed by atoms with van der Waals surface area (Å²) in [6, 6.07) is 8.01. The van der Waals surface area contributed by atoms with Crippen LogP contribution in [-0.4, -0.2) is 31.1 Å². The van der Waals surface area contributed by atoms with Gasteiger partial charge in [-0.25, -0.2) is 0 Å². The highest BCUT2D eigenvalue weighted by Gasteiger charge is 2.11. The van der Waals surface area contributed by atoms with E-state index in [-0.39, 0.29) is 0 Å². The van der Waals surface area contributed by atoms with E-state index in [2.05, 4.69) is 38.8 Å². The summed E-state index contributed by atoms with van der Waals surface area (Å²) in [6.07, 6.45) is 2.60. The summed E-state index contributed by atoms with van der Waals surface area (Å²) >= 11 is 11.5. The van der Waals surface area contributed by atoms with Gasteiger partial charge in [-0.15, -0.1) is 11.3 Å². The molecular formula is C19H22BrClN2OS. The van der Waals surface area contributed by atoms with Gasteiger partial charge in [0.25, 0.3) is 0 Å². The molecule has 0 bridgehead atoms. The van der Waals surface area contributed by atoms with E-state index in [4.69, 9.17) is 16.3 Å². The zero-order valence-electron chi connectivity index (χ0n) is 14.1. The Hall–Kier alpha value is -1.01.